The van der Waals surface area contributed by atoms with E-state index in [1.165, 1.54) is 12.1 Å². The van der Waals surface area contributed by atoms with Crippen molar-refractivity contribution in [2.75, 3.05) is 10.6 Å². The molecule has 232 valence electrons. The van der Waals surface area contributed by atoms with E-state index in [1.54, 1.807) is 13.8 Å². The standard InChI is InChI=1S/C25H18BrF9N4O4/c1-21(2)9-22(21,10-36)39-19(42)18(41)37-13-5-3-4-11(6-13)17(40)38-16-14(26)7-12(8-15(16)43-20(27)28)23(29,24(30,31)32)25(33,34)35/h3-8,20H,9H2,1-2H3,(H,37,41)(H,38,40)(H,39,42). The number of halogens is 10. The Morgan fingerprint density at radius 3 is 2.05 bits per heavy atom. The first kappa shape index (κ1) is 33.5. The summed E-state index contributed by atoms with van der Waals surface area (Å²) < 4.78 is 123. The van der Waals surface area contributed by atoms with Crippen LogP contribution in [0, 0.1) is 16.7 Å². The van der Waals surface area contributed by atoms with Crippen molar-refractivity contribution < 1.29 is 58.6 Å². The van der Waals surface area contributed by atoms with Gasteiger partial charge in [0, 0.05) is 26.7 Å². The molecule has 1 aliphatic rings. The van der Waals surface area contributed by atoms with Gasteiger partial charge in [-0.1, -0.05) is 19.9 Å². The van der Waals surface area contributed by atoms with Gasteiger partial charge in [0.2, 0.25) is 0 Å². The smallest absolute Gasteiger partial charge is 0.433 e. The van der Waals surface area contributed by atoms with Crippen LogP contribution in [0.4, 0.5) is 50.9 Å². The molecule has 2 aromatic carbocycles. The van der Waals surface area contributed by atoms with Crippen molar-refractivity contribution in [3.63, 3.8) is 0 Å². The number of alkyl halides is 9. The first-order chi connectivity index (χ1) is 19.6. The molecule has 1 atom stereocenters. The maximum Gasteiger partial charge on any atom is 0.435 e. The van der Waals surface area contributed by atoms with E-state index in [9.17, 15) is 59.2 Å². The second-order valence-electron chi connectivity index (χ2n) is 9.88. The highest BCUT2D eigenvalue weighted by Crippen LogP contribution is 2.56. The fourth-order valence-electron chi connectivity index (χ4n) is 3.99. The molecule has 2 aromatic rings. The first-order valence-electron chi connectivity index (χ1n) is 11.7. The third-order valence-electron chi connectivity index (χ3n) is 6.53. The molecule has 1 fully saturated rings. The van der Waals surface area contributed by atoms with E-state index >= 15 is 0 Å². The van der Waals surface area contributed by atoms with Crippen LogP contribution in [0.1, 0.15) is 36.2 Å². The Kier molecular flexibility index (Phi) is 8.76. The van der Waals surface area contributed by atoms with Crippen LogP contribution in [-0.2, 0) is 15.3 Å². The fraction of sp³-hybridized carbons (Fsp3) is 0.360. The Labute approximate surface area is 244 Å². The highest BCUT2D eigenvalue weighted by Gasteiger charge is 2.73. The summed E-state index contributed by atoms with van der Waals surface area (Å²) in [5.74, 6) is -5.03. The molecule has 0 saturated heterocycles. The van der Waals surface area contributed by atoms with Crippen LogP contribution in [0.25, 0.3) is 0 Å². The molecule has 0 heterocycles. The number of carbonyl (C=O) groups excluding carboxylic acids is 3. The summed E-state index contributed by atoms with van der Waals surface area (Å²) >= 11 is 2.56. The van der Waals surface area contributed by atoms with Crippen molar-refractivity contribution in [1.82, 2.24) is 5.32 Å². The summed E-state index contributed by atoms with van der Waals surface area (Å²) in [7, 11) is 0. The van der Waals surface area contributed by atoms with Gasteiger partial charge >= 0.3 is 36.4 Å². The molecule has 3 rings (SSSR count). The van der Waals surface area contributed by atoms with E-state index in [1.807, 2.05) is 11.4 Å². The van der Waals surface area contributed by atoms with Crippen molar-refractivity contribution in [1.29, 1.82) is 5.26 Å². The number of nitriles is 1. The molecule has 3 N–H and O–H groups in total. The molecule has 43 heavy (non-hydrogen) atoms. The molecule has 18 heteroatoms. The van der Waals surface area contributed by atoms with Crippen molar-refractivity contribution in [2.45, 2.75) is 50.4 Å². The van der Waals surface area contributed by atoms with Crippen molar-refractivity contribution in [2.24, 2.45) is 5.41 Å². The van der Waals surface area contributed by atoms with Gasteiger partial charge < -0.3 is 20.7 Å². The Morgan fingerprint density at radius 2 is 1.56 bits per heavy atom. The van der Waals surface area contributed by atoms with Crippen LogP contribution < -0.4 is 20.7 Å². The molecular formula is C25H18BrF9N4O4. The predicted octanol–water partition coefficient (Wildman–Crippen LogP) is 6.34. The minimum atomic E-state index is -6.57. The first-order valence-corrected chi connectivity index (χ1v) is 12.5. The van der Waals surface area contributed by atoms with E-state index < -0.39 is 74.8 Å². The summed E-state index contributed by atoms with van der Waals surface area (Å²) in [4.78, 5) is 37.5. The normalized spacial score (nSPS) is 18.0. The SMILES string of the molecule is CC1(C)CC1(C#N)NC(=O)C(=O)Nc1cccc(C(=O)Nc2c(Br)cc(C(F)(C(F)(F)F)C(F)(F)F)cc2OC(F)F)c1. The monoisotopic (exact) mass is 688 g/mol. The van der Waals surface area contributed by atoms with Crippen molar-refractivity contribution >= 4 is 45.0 Å². The van der Waals surface area contributed by atoms with E-state index in [0.29, 0.717) is 0 Å². The average Bonchev–Trinajstić information content (AvgIpc) is 3.43. The van der Waals surface area contributed by atoms with Crippen LogP contribution in [0.2, 0.25) is 0 Å². The minimum Gasteiger partial charge on any atom is -0.433 e. The average molecular weight is 689 g/mol. The Bertz CT molecular complexity index is 1490. The number of ether oxygens (including phenoxy) is 1. The number of nitrogens with zero attached hydrogens (tertiary/aromatic N) is 1. The Hall–Kier alpha value is -4.01. The number of amides is 3. The number of hydrogen-bond acceptors (Lipinski definition) is 5. The molecule has 0 bridgehead atoms. The third kappa shape index (κ3) is 6.50. The second-order valence-corrected chi connectivity index (χ2v) is 10.7. The van der Waals surface area contributed by atoms with Crippen molar-refractivity contribution in [3.8, 4) is 11.8 Å². The highest BCUT2D eigenvalue weighted by molar-refractivity contribution is 9.10. The summed E-state index contributed by atoms with van der Waals surface area (Å²) in [6.07, 6.45) is -12.8. The van der Waals surface area contributed by atoms with Gasteiger partial charge in [-0.2, -0.15) is 40.4 Å². The largest absolute Gasteiger partial charge is 0.435 e. The lowest BCUT2D eigenvalue weighted by Gasteiger charge is -2.31. The second kappa shape index (κ2) is 11.2. The Balaban J connectivity index is 1.89. The number of hydrogen-bond donors (Lipinski definition) is 3. The maximum atomic E-state index is 14.6. The molecule has 0 spiro atoms. The topological polar surface area (TPSA) is 120 Å². The number of benzene rings is 2. The molecule has 1 unspecified atom stereocenters. The maximum absolute atomic E-state index is 14.6. The number of carbonyl (C=O) groups is 3. The molecule has 0 aromatic heterocycles. The summed E-state index contributed by atoms with van der Waals surface area (Å²) in [6.45, 7) is -0.434. The van der Waals surface area contributed by atoms with Crippen LogP contribution >= 0.6 is 15.9 Å². The number of anilines is 2. The highest BCUT2D eigenvalue weighted by atomic mass is 79.9. The van der Waals surface area contributed by atoms with Crippen LogP contribution in [0.5, 0.6) is 5.75 Å². The molecule has 0 radical (unpaired) electrons. The van der Waals surface area contributed by atoms with Gasteiger partial charge in [-0.25, -0.2) is 4.39 Å². The van der Waals surface area contributed by atoms with Crippen LogP contribution in [0.3, 0.4) is 0 Å². The number of rotatable bonds is 7. The minimum absolute atomic E-state index is 0.0145. The van der Waals surface area contributed by atoms with E-state index in [-0.39, 0.29) is 29.8 Å². The molecule has 1 aliphatic carbocycles. The van der Waals surface area contributed by atoms with Crippen molar-refractivity contribution in [3.05, 3.63) is 52.0 Å². The van der Waals surface area contributed by atoms with Gasteiger partial charge in [0.15, 0.2) is 5.75 Å². The molecule has 8 nitrogen and oxygen atoms in total. The molecule has 0 aliphatic heterocycles. The van der Waals surface area contributed by atoms with E-state index in [2.05, 4.69) is 31.3 Å². The van der Waals surface area contributed by atoms with Gasteiger partial charge in [-0.15, -0.1) is 0 Å². The van der Waals surface area contributed by atoms with Gasteiger partial charge in [0.1, 0.15) is 5.54 Å². The molecule has 3 amide bonds. The summed E-state index contributed by atoms with van der Waals surface area (Å²) in [6, 6.07) is 6.15. The lowest BCUT2D eigenvalue weighted by Crippen LogP contribution is -2.50. The van der Waals surface area contributed by atoms with Crippen LogP contribution in [0.15, 0.2) is 40.9 Å². The molecule has 1 saturated carbocycles. The number of nitrogens with one attached hydrogen (secondary N) is 3. The van der Waals surface area contributed by atoms with Crippen LogP contribution in [-0.4, -0.2) is 42.2 Å². The molecular weight excluding hydrogens is 671 g/mol. The quantitative estimate of drug-likeness (QED) is 0.232. The zero-order valence-corrected chi connectivity index (χ0v) is 23.2. The van der Waals surface area contributed by atoms with E-state index in [0.717, 1.165) is 12.1 Å². The van der Waals surface area contributed by atoms with Gasteiger partial charge in [-0.3, -0.25) is 14.4 Å². The lowest BCUT2D eigenvalue weighted by molar-refractivity contribution is -0.348. The van der Waals surface area contributed by atoms with Gasteiger partial charge in [-0.05, 0) is 52.7 Å². The van der Waals surface area contributed by atoms with Gasteiger partial charge in [0.05, 0.1) is 11.8 Å². The zero-order valence-electron chi connectivity index (χ0n) is 21.6. The Morgan fingerprint density at radius 1 is 0.977 bits per heavy atom. The summed E-state index contributed by atoms with van der Waals surface area (Å²) in [5, 5.41) is 15.8. The van der Waals surface area contributed by atoms with E-state index in [4.69, 9.17) is 0 Å². The summed E-state index contributed by atoms with van der Waals surface area (Å²) in [5.41, 5.74) is -11.4. The zero-order chi connectivity index (χ0) is 32.8. The third-order valence-corrected chi connectivity index (χ3v) is 7.16. The van der Waals surface area contributed by atoms with Gasteiger partial charge in [0.25, 0.3) is 5.91 Å². The fourth-order valence-corrected chi connectivity index (χ4v) is 4.53. The predicted molar refractivity (Wildman–Crippen MR) is 134 cm³/mol. The lowest BCUT2D eigenvalue weighted by atomic mass is 9.93.